The number of ether oxygens (including phenoxy) is 2. The molecule has 1 atom stereocenters. The molecule has 1 unspecified atom stereocenters. The zero-order chi connectivity index (χ0) is 24.9. The maximum Gasteiger partial charge on any atom is 0.407 e. The molecule has 8 heteroatoms. The molecule has 3 N–H and O–H groups in total. The lowest BCUT2D eigenvalue weighted by atomic mass is 9.98. The van der Waals surface area contributed by atoms with Crippen LogP contribution in [0.15, 0.2) is 66.7 Å². The van der Waals surface area contributed by atoms with Crippen LogP contribution in [0.4, 0.5) is 10.5 Å². The van der Waals surface area contributed by atoms with E-state index in [9.17, 15) is 19.5 Å². The van der Waals surface area contributed by atoms with Crippen molar-refractivity contribution in [3.05, 3.63) is 83.4 Å². The molecule has 0 spiro atoms. The summed E-state index contributed by atoms with van der Waals surface area (Å²) in [4.78, 5) is 36.7. The number of anilines is 1. The van der Waals surface area contributed by atoms with E-state index in [0.29, 0.717) is 12.2 Å². The summed E-state index contributed by atoms with van der Waals surface area (Å²) in [6, 6.07) is 19.3. The maximum atomic E-state index is 12.8. The highest BCUT2D eigenvalue weighted by Crippen LogP contribution is 2.44. The first-order valence-electron chi connectivity index (χ1n) is 11.3. The highest BCUT2D eigenvalue weighted by molar-refractivity contribution is 5.99. The lowest BCUT2D eigenvalue weighted by molar-refractivity contribution is -0.118. The SMILES string of the molecule is CCC(NC(=O)OCC1c2ccccc2-c2ccccc21)C(=O)Nc1cc(C(=O)O)ccc1OC. The number of methoxy groups -OCH3 is 1. The van der Waals surface area contributed by atoms with Crippen molar-refractivity contribution in [2.75, 3.05) is 19.0 Å². The van der Waals surface area contributed by atoms with Crippen LogP contribution in [0.1, 0.15) is 40.7 Å². The second kappa shape index (κ2) is 10.3. The first-order chi connectivity index (χ1) is 16.9. The number of hydrogen-bond acceptors (Lipinski definition) is 5. The van der Waals surface area contributed by atoms with Crippen molar-refractivity contribution in [1.82, 2.24) is 5.32 Å². The quantitative estimate of drug-likeness (QED) is 0.438. The van der Waals surface area contributed by atoms with Crippen LogP contribution in [-0.4, -0.2) is 42.8 Å². The molecule has 2 amide bonds. The summed E-state index contributed by atoms with van der Waals surface area (Å²) in [5.41, 5.74) is 4.64. The van der Waals surface area contributed by atoms with E-state index in [-0.39, 0.29) is 23.8 Å². The van der Waals surface area contributed by atoms with E-state index in [1.54, 1.807) is 6.92 Å². The fourth-order valence-electron chi connectivity index (χ4n) is 4.29. The number of fused-ring (bicyclic) bond motifs is 3. The van der Waals surface area contributed by atoms with Crippen molar-refractivity contribution in [1.29, 1.82) is 0 Å². The Morgan fingerprint density at radius 2 is 1.60 bits per heavy atom. The van der Waals surface area contributed by atoms with Crippen molar-refractivity contribution < 1.29 is 29.0 Å². The third kappa shape index (κ3) is 4.96. The molecule has 8 nitrogen and oxygen atoms in total. The average molecular weight is 475 g/mol. The molecule has 1 aliphatic rings. The summed E-state index contributed by atoms with van der Waals surface area (Å²) in [5.74, 6) is -1.43. The molecule has 0 bridgehead atoms. The Morgan fingerprint density at radius 3 is 2.17 bits per heavy atom. The van der Waals surface area contributed by atoms with E-state index in [1.807, 2.05) is 36.4 Å². The second-order valence-electron chi connectivity index (χ2n) is 8.14. The van der Waals surface area contributed by atoms with Crippen LogP contribution in [-0.2, 0) is 9.53 Å². The van der Waals surface area contributed by atoms with Crippen LogP contribution in [0, 0.1) is 0 Å². The molecule has 0 heterocycles. The largest absolute Gasteiger partial charge is 0.495 e. The van der Waals surface area contributed by atoms with Crippen molar-refractivity contribution >= 4 is 23.7 Å². The van der Waals surface area contributed by atoms with Crippen molar-refractivity contribution in [3.63, 3.8) is 0 Å². The lowest BCUT2D eigenvalue weighted by Crippen LogP contribution is -2.43. The molecule has 0 fully saturated rings. The van der Waals surface area contributed by atoms with Gasteiger partial charge in [0.25, 0.3) is 0 Å². The van der Waals surface area contributed by atoms with Gasteiger partial charge in [-0.1, -0.05) is 55.5 Å². The number of aromatic carboxylic acids is 1. The minimum atomic E-state index is -1.13. The Morgan fingerprint density at radius 1 is 0.971 bits per heavy atom. The monoisotopic (exact) mass is 474 g/mol. The van der Waals surface area contributed by atoms with Crippen LogP contribution < -0.4 is 15.4 Å². The van der Waals surface area contributed by atoms with Gasteiger partial charge in [0.2, 0.25) is 5.91 Å². The van der Waals surface area contributed by atoms with Crippen LogP contribution >= 0.6 is 0 Å². The summed E-state index contributed by atoms with van der Waals surface area (Å²) in [6.45, 7) is 1.88. The van der Waals surface area contributed by atoms with Gasteiger partial charge in [0.15, 0.2) is 0 Å². The number of rotatable bonds is 8. The third-order valence-electron chi connectivity index (χ3n) is 6.06. The van der Waals surface area contributed by atoms with Gasteiger partial charge in [-0.25, -0.2) is 9.59 Å². The van der Waals surface area contributed by atoms with Gasteiger partial charge in [0, 0.05) is 5.92 Å². The van der Waals surface area contributed by atoms with E-state index in [4.69, 9.17) is 9.47 Å². The molecule has 0 saturated heterocycles. The molecular weight excluding hydrogens is 448 g/mol. The minimum Gasteiger partial charge on any atom is -0.495 e. The predicted molar refractivity (Wildman–Crippen MR) is 131 cm³/mol. The van der Waals surface area contributed by atoms with E-state index in [0.717, 1.165) is 22.3 Å². The zero-order valence-corrected chi connectivity index (χ0v) is 19.4. The number of alkyl carbamates (subject to hydrolysis) is 1. The molecule has 0 radical (unpaired) electrons. The number of carbonyl (C=O) groups is 3. The smallest absolute Gasteiger partial charge is 0.407 e. The molecule has 180 valence electrons. The molecule has 1 aliphatic carbocycles. The van der Waals surface area contributed by atoms with Crippen molar-refractivity contribution in [3.8, 4) is 16.9 Å². The number of carboxylic acids is 1. The Kier molecular flexibility index (Phi) is 7.01. The van der Waals surface area contributed by atoms with Gasteiger partial charge >= 0.3 is 12.1 Å². The number of nitrogens with one attached hydrogen (secondary N) is 2. The maximum absolute atomic E-state index is 12.8. The van der Waals surface area contributed by atoms with Gasteiger partial charge in [-0.3, -0.25) is 4.79 Å². The summed E-state index contributed by atoms with van der Waals surface area (Å²) in [7, 11) is 1.41. The summed E-state index contributed by atoms with van der Waals surface area (Å²) in [5, 5.41) is 14.5. The summed E-state index contributed by atoms with van der Waals surface area (Å²) >= 11 is 0. The Hall–Kier alpha value is -4.33. The molecule has 4 rings (SSSR count). The van der Waals surface area contributed by atoms with E-state index < -0.39 is 24.0 Å². The highest BCUT2D eigenvalue weighted by atomic mass is 16.5. The van der Waals surface area contributed by atoms with Gasteiger partial charge < -0.3 is 25.2 Å². The van der Waals surface area contributed by atoms with Crippen LogP contribution in [0.2, 0.25) is 0 Å². The first-order valence-corrected chi connectivity index (χ1v) is 11.3. The average Bonchev–Trinajstić information content (AvgIpc) is 3.19. The number of carbonyl (C=O) groups excluding carboxylic acids is 2. The molecule has 3 aromatic carbocycles. The van der Waals surface area contributed by atoms with Crippen molar-refractivity contribution in [2.45, 2.75) is 25.3 Å². The lowest BCUT2D eigenvalue weighted by Gasteiger charge is -2.19. The highest BCUT2D eigenvalue weighted by Gasteiger charge is 2.29. The van der Waals surface area contributed by atoms with E-state index in [1.165, 1.54) is 25.3 Å². The fraction of sp³-hybridized carbons (Fsp3) is 0.222. The standard InChI is InChI=1S/C27H26N2O6/c1-3-22(25(30)28-23-14-16(26(31)32)12-13-24(23)34-2)29-27(33)35-15-21-19-10-6-4-8-17(19)18-9-5-7-11-20(18)21/h4-14,21-22H,3,15H2,1-2H3,(H,28,30)(H,29,33)(H,31,32). The normalized spacial score (nSPS) is 12.7. The molecule has 35 heavy (non-hydrogen) atoms. The minimum absolute atomic E-state index is 0.00126. The second-order valence-corrected chi connectivity index (χ2v) is 8.14. The third-order valence-corrected chi connectivity index (χ3v) is 6.06. The topological polar surface area (TPSA) is 114 Å². The molecule has 0 aromatic heterocycles. The molecule has 0 saturated carbocycles. The Bertz CT molecular complexity index is 1230. The summed E-state index contributed by atoms with van der Waals surface area (Å²) in [6.07, 6.45) is -0.406. The van der Waals surface area contributed by atoms with Crippen LogP contribution in [0.25, 0.3) is 11.1 Å². The molecular formula is C27H26N2O6. The van der Waals surface area contributed by atoms with Gasteiger partial charge in [-0.15, -0.1) is 0 Å². The van der Waals surface area contributed by atoms with Gasteiger partial charge in [-0.05, 0) is 46.9 Å². The van der Waals surface area contributed by atoms with Gasteiger partial charge in [0.1, 0.15) is 18.4 Å². The Balaban J connectivity index is 1.41. The fourth-order valence-corrected chi connectivity index (χ4v) is 4.29. The van der Waals surface area contributed by atoms with E-state index in [2.05, 4.69) is 22.8 Å². The predicted octanol–water partition coefficient (Wildman–Crippen LogP) is 4.65. The molecule has 3 aromatic rings. The van der Waals surface area contributed by atoms with Gasteiger partial charge in [-0.2, -0.15) is 0 Å². The summed E-state index contributed by atoms with van der Waals surface area (Å²) < 4.78 is 10.7. The number of carboxylic acid groups (broad SMARTS) is 1. The number of amides is 2. The van der Waals surface area contributed by atoms with Gasteiger partial charge in [0.05, 0.1) is 18.4 Å². The van der Waals surface area contributed by atoms with Crippen LogP contribution in [0.5, 0.6) is 5.75 Å². The van der Waals surface area contributed by atoms with Crippen LogP contribution in [0.3, 0.4) is 0 Å². The number of hydrogen-bond donors (Lipinski definition) is 3. The number of benzene rings is 3. The van der Waals surface area contributed by atoms with E-state index >= 15 is 0 Å². The first kappa shape index (κ1) is 23.8. The van der Waals surface area contributed by atoms with Crippen molar-refractivity contribution in [2.24, 2.45) is 0 Å². The zero-order valence-electron chi connectivity index (χ0n) is 19.4. The Labute approximate surface area is 202 Å². The molecule has 0 aliphatic heterocycles.